The number of ketones is 1. The number of hydrogen-bond donors (Lipinski definition) is 1. The molecule has 0 spiro atoms. The third-order valence-electron chi connectivity index (χ3n) is 4.86. The van der Waals surface area contributed by atoms with Crippen molar-refractivity contribution < 1.29 is 18.7 Å². The molecule has 1 heterocycles. The van der Waals surface area contributed by atoms with Crippen molar-refractivity contribution in [1.29, 1.82) is 0 Å². The Bertz CT molecular complexity index is 1320. The molecule has 4 rings (SSSR count). The van der Waals surface area contributed by atoms with Gasteiger partial charge in [0.1, 0.15) is 5.58 Å². The summed E-state index contributed by atoms with van der Waals surface area (Å²) >= 11 is 18.5. The van der Waals surface area contributed by atoms with E-state index in [1.54, 1.807) is 48.5 Å². The molecule has 0 radical (unpaired) electrons. The Morgan fingerprint density at radius 3 is 2.27 bits per heavy atom. The van der Waals surface area contributed by atoms with Gasteiger partial charge in [0.25, 0.3) is 5.91 Å². The summed E-state index contributed by atoms with van der Waals surface area (Å²) in [4.78, 5) is 26.3. The maximum absolute atomic E-state index is 13.2. The number of ether oxygens (including phenoxy) is 1. The Morgan fingerprint density at radius 1 is 0.939 bits per heavy atom. The van der Waals surface area contributed by atoms with Crippen LogP contribution in [0.15, 0.2) is 65.1 Å². The Balaban J connectivity index is 1.71. The fourth-order valence-corrected chi connectivity index (χ4v) is 4.00. The lowest BCUT2D eigenvalue weighted by Gasteiger charge is -2.11. The molecule has 1 N–H and O–H groups in total. The summed E-state index contributed by atoms with van der Waals surface area (Å²) in [5.41, 5.74) is 1.31. The zero-order valence-corrected chi connectivity index (χ0v) is 19.7. The van der Waals surface area contributed by atoms with Gasteiger partial charge in [0, 0.05) is 21.5 Å². The number of carbonyl (C=O) groups excluding carboxylic acids is 2. The first-order chi connectivity index (χ1) is 15.9. The third-order valence-corrected chi connectivity index (χ3v) is 5.67. The molecule has 0 saturated heterocycles. The number of nitrogens with one attached hydrogen (secondary N) is 1. The molecule has 0 saturated carbocycles. The van der Waals surface area contributed by atoms with Crippen molar-refractivity contribution in [3.05, 3.63) is 92.6 Å². The predicted octanol–water partition coefficient (Wildman–Crippen LogP) is 7.67. The number of para-hydroxylation sites is 1. The van der Waals surface area contributed by atoms with Gasteiger partial charge in [0.2, 0.25) is 5.78 Å². The van der Waals surface area contributed by atoms with E-state index in [4.69, 9.17) is 44.0 Å². The Hall–Kier alpha value is -2.99. The van der Waals surface area contributed by atoms with E-state index in [0.29, 0.717) is 33.9 Å². The minimum atomic E-state index is -0.502. The van der Waals surface area contributed by atoms with Crippen LogP contribution in [-0.2, 0) is 0 Å². The number of rotatable bonds is 7. The largest absolute Gasteiger partial charge is 0.490 e. The van der Waals surface area contributed by atoms with Crippen LogP contribution in [0, 0.1) is 0 Å². The molecule has 8 heteroatoms. The van der Waals surface area contributed by atoms with Crippen molar-refractivity contribution in [2.75, 3.05) is 11.9 Å². The first kappa shape index (κ1) is 23.2. The molecule has 0 aliphatic rings. The number of anilines is 1. The summed E-state index contributed by atoms with van der Waals surface area (Å²) < 4.78 is 11.4. The van der Waals surface area contributed by atoms with Crippen LogP contribution in [-0.4, -0.2) is 18.3 Å². The molecule has 4 aromatic rings. The standard InChI is InChI=1S/C25H18Cl3NO4/c1-2-11-32-23-18(27)12-15(13-19(23)28)25(31)29-21-17-5-3-4-6-20(17)33-24(21)22(30)14-7-9-16(26)10-8-14/h3-10,12-13H,2,11H2,1H3,(H,29,31). The zero-order valence-electron chi connectivity index (χ0n) is 17.5. The minimum Gasteiger partial charge on any atom is -0.490 e. The van der Waals surface area contributed by atoms with Gasteiger partial charge in [0.05, 0.1) is 22.3 Å². The molecule has 3 aromatic carbocycles. The fraction of sp³-hybridized carbons (Fsp3) is 0.120. The minimum absolute atomic E-state index is 0.00645. The van der Waals surface area contributed by atoms with Gasteiger partial charge in [-0.05, 0) is 55.0 Å². The van der Waals surface area contributed by atoms with E-state index in [-0.39, 0.29) is 27.1 Å². The van der Waals surface area contributed by atoms with Crippen LogP contribution < -0.4 is 10.1 Å². The molecule has 0 aliphatic heterocycles. The van der Waals surface area contributed by atoms with Gasteiger partial charge in [-0.25, -0.2) is 0 Å². The molecule has 0 bridgehead atoms. The van der Waals surface area contributed by atoms with Gasteiger partial charge in [-0.15, -0.1) is 0 Å². The lowest BCUT2D eigenvalue weighted by Crippen LogP contribution is -2.14. The highest BCUT2D eigenvalue weighted by atomic mass is 35.5. The predicted molar refractivity (Wildman–Crippen MR) is 131 cm³/mol. The van der Waals surface area contributed by atoms with Gasteiger partial charge in [-0.3, -0.25) is 9.59 Å². The van der Waals surface area contributed by atoms with Gasteiger partial charge < -0.3 is 14.5 Å². The van der Waals surface area contributed by atoms with Crippen molar-refractivity contribution in [2.24, 2.45) is 0 Å². The molecule has 0 fully saturated rings. The maximum Gasteiger partial charge on any atom is 0.255 e. The highest BCUT2D eigenvalue weighted by Gasteiger charge is 2.24. The smallest absolute Gasteiger partial charge is 0.255 e. The van der Waals surface area contributed by atoms with Crippen LogP contribution in [0.5, 0.6) is 5.75 Å². The van der Waals surface area contributed by atoms with Crippen LogP contribution in [0.4, 0.5) is 5.69 Å². The van der Waals surface area contributed by atoms with Crippen molar-refractivity contribution in [3.8, 4) is 5.75 Å². The van der Waals surface area contributed by atoms with E-state index < -0.39 is 11.7 Å². The van der Waals surface area contributed by atoms with Crippen molar-refractivity contribution >= 4 is 63.1 Å². The number of amides is 1. The monoisotopic (exact) mass is 501 g/mol. The molecule has 5 nitrogen and oxygen atoms in total. The van der Waals surface area contributed by atoms with Gasteiger partial charge in [-0.1, -0.05) is 53.9 Å². The van der Waals surface area contributed by atoms with Crippen LogP contribution in [0.1, 0.15) is 39.8 Å². The average Bonchev–Trinajstić information content (AvgIpc) is 3.17. The summed E-state index contributed by atoms with van der Waals surface area (Å²) in [5, 5.41) is 4.32. The molecule has 0 atom stereocenters. The lowest BCUT2D eigenvalue weighted by atomic mass is 10.1. The highest BCUT2D eigenvalue weighted by molar-refractivity contribution is 6.38. The Kier molecular flexibility index (Phi) is 6.94. The summed E-state index contributed by atoms with van der Waals surface area (Å²) in [6.45, 7) is 2.41. The molecule has 0 unspecified atom stereocenters. The number of hydrogen-bond acceptors (Lipinski definition) is 4. The fourth-order valence-electron chi connectivity index (χ4n) is 3.28. The molecule has 168 valence electrons. The number of fused-ring (bicyclic) bond motifs is 1. The van der Waals surface area contributed by atoms with E-state index in [1.807, 2.05) is 6.92 Å². The quantitative estimate of drug-likeness (QED) is 0.263. The van der Waals surface area contributed by atoms with Crippen LogP contribution >= 0.6 is 34.8 Å². The topological polar surface area (TPSA) is 68.5 Å². The van der Waals surface area contributed by atoms with E-state index in [1.165, 1.54) is 12.1 Å². The summed E-state index contributed by atoms with van der Waals surface area (Å²) in [7, 11) is 0. The number of benzene rings is 3. The van der Waals surface area contributed by atoms with Crippen LogP contribution in [0.25, 0.3) is 11.0 Å². The van der Waals surface area contributed by atoms with E-state index >= 15 is 0 Å². The Morgan fingerprint density at radius 2 is 1.61 bits per heavy atom. The SMILES string of the molecule is CCCOc1c(Cl)cc(C(=O)Nc2c(C(=O)c3ccc(Cl)cc3)oc3ccccc23)cc1Cl. The molecular formula is C25H18Cl3NO4. The van der Waals surface area contributed by atoms with Crippen molar-refractivity contribution in [3.63, 3.8) is 0 Å². The second-order valence-electron chi connectivity index (χ2n) is 7.21. The summed E-state index contributed by atoms with van der Waals surface area (Å²) in [6, 6.07) is 16.4. The molecule has 1 aromatic heterocycles. The van der Waals surface area contributed by atoms with E-state index in [9.17, 15) is 9.59 Å². The lowest BCUT2D eigenvalue weighted by molar-refractivity contribution is 0.101. The molecular weight excluding hydrogens is 485 g/mol. The third kappa shape index (κ3) is 4.86. The normalized spacial score (nSPS) is 10.9. The molecule has 33 heavy (non-hydrogen) atoms. The zero-order chi connectivity index (χ0) is 23.5. The Labute approximate surface area is 205 Å². The highest BCUT2D eigenvalue weighted by Crippen LogP contribution is 2.36. The summed E-state index contributed by atoms with van der Waals surface area (Å²) in [5.74, 6) is -0.564. The van der Waals surface area contributed by atoms with Crippen molar-refractivity contribution in [1.82, 2.24) is 0 Å². The number of carbonyl (C=O) groups is 2. The van der Waals surface area contributed by atoms with E-state index in [2.05, 4.69) is 5.32 Å². The molecule has 0 aliphatic carbocycles. The van der Waals surface area contributed by atoms with Crippen molar-refractivity contribution in [2.45, 2.75) is 13.3 Å². The maximum atomic E-state index is 13.2. The summed E-state index contributed by atoms with van der Waals surface area (Å²) in [6.07, 6.45) is 0.785. The second-order valence-corrected chi connectivity index (χ2v) is 8.46. The number of halogens is 3. The second kappa shape index (κ2) is 9.87. The first-order valence-corrected chi connectivity index (χ1v) is 11.3. The van der Waals surface area contributed by atoms with Gasteiger partial charge >= 0.3 is 0 Å². The van der Waals surface area contributed by atoms with Gasteiger partial charge in [-0.2, -0.15) is 0 Å². The van der Waals surface area contributed by atoms with E-state index in [0.717, 1.165) is 6.42 Å². The number of furan rings is 1. The van der Waals surface area contributed by atoms with Crippen LogP contribution in [0.2, 0.25) is 15.1 Å². The molecule has 1 amide bonds. The first-order valence-electron chi connectivity index (χ1n) is 10.1. The average molecular weight is 503 g/mol. The van der Waals surface area contributed by atoms with Gasteiger partial charge in [0.15, 0.2) is 11.5 Å². The van der Waals surface area contributed by atoms with Crippen LogP contribution in [0.3, 0.4) is 0 Å².